The smallest absolute Gasteiger partial charge is 0.0697 e. The first-order valence-electron chi connectivity index (χ1n) is 1.28. The monoisotopic (exact) mass is 80.1 g/mol. The minimum Gasteiger partial charge on any atom is -0.119 e. The van der Waals surface area contributed by atoms with Crippen LogP contribution in [0.5, 0.6) is 0 Å². The Hall–Kier alpha value is -0.880. The van der Waals surface area contributed by atoms with E-state index in [0.717, 1.165) is 0 Å². The molecule has 0 saturated carbocycles. The van der Waals surface area contributed by atoms with Crippen molar-refractivity contribution in [2.75, 3.05) is 0 Å². The summed E-state index contributed by atoms with van der Waals surface area (Å²) in [7, 11) is 0. The summed E-state index contributed by atoms with van der Waals surface area (Å²) in [6, 6.07) is 0. The zero-order valence-electron chi connectivity index (χ0n) is 2.86. The van der Waals surface area contributed by atoms with Crippen LogP contribution in [0, 0.1) is 24.7 Å². The van der Waals surface area contributed by atoms with Crippen LogP contribution < -0.4 is 0 Å². The van der Waals surface area contributed by atoms with E-state index in [2.05, 4.69) is 11.8 Å². The average molecular weight is 80.1 g/mol. The van der Waals surface area contributed by atoms with Gasteiger partial charge in [0.15, 0.2) is 0 Å². The van der Waals surface area contributed by atoms with Gasteiger partial charge in [-0.3, -0.25) is 0 Å². The first kappa shape index (κ1) is 8.93. The SMILES string of the molecule is C.C#CCC#C. The van der Waals surface area contributed by atoms with E-state index < -0.39 is 0 Å². The van der Waals surface area contributed by atoms with Crippen molar-refractivity contribution in [1.29, 1.82) is 0 Å². The van der Waals surface area contributed by atoms with E-state index in [1.165, 1.54) is 0 Å². The van der Waals surface area contributed by atoms with E-state index in [9.17, 15) is 0 Å². The molecule has 0 aromatic rings. The summed E-state index contributed by atoms with van der Waals surface area (Å²) in [6.45, 7) is 0. The van der Waals surface area contributed by atoms with Crippen molar-refractivity contribution in [1.82, 2.24) is 0 Å². The zero-order valence-corrected chi connectivity index (χ0v) is 2.86. The minimum atomic E-state index is 0. The Morgan fingerprint density at radius 1 is 1.17 bits per heavy atom. The van der Waals surface area contributed by atoms with Crippen LogP contribution >= 0.6 is 0 Å². The molecule has 0 bridgehead atoms. The molecule has 0 spiro atoms. The van der Waals surface area contributed by atoms with E-state index in [4.69, 9.17) is 12.8 Å². The standard InChI is InChI=1S/C5H4.CH4/c1-3-5-4-2;/h1-2H,5H2;1H4. The highest BCUT2D eigenvalue weighted by molar-refractivity contribution is 4.99. The molecule has 0 unspecified atom stereocenters. The highest BCUT2D eigenvalue weighted by Gasteiger charge is 1.51. The van der Waals surface area contributed by atoms with Crippen LogP contribution in [-0.2, 0) is 0 Å². The van der Waals surface area contributed by atoms with Gasteiger partial charge in [0.05, 0.1) is 6.42 Å². The molecule has 0 fully saturated rings. The van der Waals surface area contributed by atoms with Gasteiger partial charge in [0, 0.05) is 0 Å². The van der Waals surface area contributed by atoms with Crippen molar-refractivity contribution in [2.45, 2.75) is 13.8 Å². The normalized spacial score (nSPS) is 3.67. The van der Waals surface area contributed by atoms with Crippen LogP contribution in [-0.4, -0.2) is 0 Å². The van der Waals surface area contributed by atoms with Gasteiger partial charge in [0.25, 0.3) is 0 Å². The van der Waals surface area contributed by atoms with Gasteiger partial charge in [-0.25, -0.2) is 0 Å². The molecule has 0 heteroatoms. The van der Waals surface area contributed by atoms with E-state index >= 15 is 0 Å². The second-order valence-electron chi connectivity index (χ2n) is 0.585. The summed E-state index contributed by atoms with van der Waals surface area (Å²) in [5, 5.41) is 0. The lowest BCUT2D eigenvalue weighted by atomic mass is 10.5. The first-order chi connectivity index (χ1) is 2.41. The fraction of sp³-hybridized carbons (Fsp3) is 0.333. The van der Waals surface area contributed by atoms with Gasteiger partial charge in [-0.1, -0.05) is 19.3 Å². The molecule has 0 aliphatic rings. The van der Waals surface area contributed by atoms with Crippen LogP contribution in [0.1, 0.15) is 13.8 Å². The molecule has 0 N–H and O–H groups in total. The molecule has 0 aliphatic carbocycles. The lowest BCUT2D eigenvalue weighted by molar-refractivity contribution is 1.58. The molecule has 0 rings (SSSR count). The third kappa shape index (κ3) is 11.2. The molecule has 32 valence electrons. The van der Waals surface area contributed by atoms with Crippen LogP contribution in [0.4, 0.5) is 0 Å². The molecule has 6 heavy (non-hydrogen) atoms. The fourth-order valence-corrected chi connectivity index (χ4v) is 0.0589. The maximum atomic E-state index is 4.75. The van der Waals surface area contributed by atoms with Gasteiger partial charge in [-0.2, -0.15) is 0 Å². The van der Waals surface area contributed by atoms with Crippen LogP contribution in [0.15, 0.2) is 0 Å². The summed E-state index contributed by atoms with van der Waals surface area (Å²) in [4.78, 5) is 0. The van der Waals surface area contributed by atoms with Gasteiger partial charge >= 0.3 is 0 Å². The Morgan fingerprint density at radius 3 is 1.50 bits per heavy atom. The molecule has 0 aromatic carbocycles. The van der Waals surface area contributed by atoms with Gasteiger partial charge < -0.3 is 0 Å². The second kappa shape index (κ2) is 8.92. The molecule has 0 aromatic heterocycles. The second-order valence-corrected chi connectivity index (χ2v) is 0.585. The highest BCUT2D eigenvalue weighted by atomic mass is 13.5. The minimum absolute atomic E-state index is 0. The highest BCUT2D eigenvalue weighted by Crippen LogP contribution is 1.59. The Kier molecular flexibility index (Phi) is 13.3. The average Bonchev–Trinajstić information content (AvgIpc) is 1.41. The van der Waals surface area contributed by atoms with Crippen molar-refractivity contribution < 1.29 is 0 Å². The molecule has 0 atom stereocenters. The fourth-order valence-electron chi connectivity index (χ4n) is 0.0589. The molecule has 0 saturated heterocycles. The molecule has 0 amide bonds. The number of hydrogen-bond donors (Lipinski definition) is 0. The molecular weight excluding hydrogens is 72.1 g/mol. The van der Waals surface area contributed by atoms with Crippen molar-refractivity contribution in [3.05, 3.63) is 0 Å². The maximum absolute atomic E-state index is 4.75. The van der Waals surface area contributed by atoms with Crippen LogP contribution in [0.3, 0.4) is 0 Å². The zero-order chi connectivity index (χ0) is 4.12. The topological polar surface area (TPSA) is 0 Å². The molecular formula is C6H8. The summed E-state index contributed by atoms with van der Waals surface area (Å²) < 4.78 is 0. The largest absolute Gasteiger partial charge is 0.119 e. The van der Waals surface area contributed by atoms with Crippen molar-refractivity contribution in [3.8, 4) is 24.7 Å². The summed E-state index contributed by atoms with van der Waals surface area (Å²) in [5.74, 6) is 4.56. The first-order valence-corrected chi connectivity index (χ1v) is 1.28. The maximum Gasteiger partial charge on any atom is 0.0697 e. The summed E-state index contributed by atoms with van der Waals surface area (Å²) in [5.41, 5.74) is 0. The van der Waals surface area contributed by atoms with Gasteiger partial charge in [0.1, 0.15) is 0 Å². The Morgan fingerprint density at radius 2 is 1.50 bits per heavy atom. The third-order valence-corrected chi connectivity index (χ3v) is 0.204. The van der Waals surface area contributed by atoms with E-state index in [1.807, 2.05) is 0 Å². The van der Waals surface area contributed by atoms with E-state index in [1.54, 1.807) is 0 Å². The molecule has 0 nitrogen and oxygen atoms in total. The van der Waals surface area contributed by atoms with Crippen molar-refractivity contribution in [2.24, 2.45) is 0 Å². The third-order valence-electron chi connectivity index (χ3n) is 0.204. The lowest BCUT2D eigenvalue weighted by Crippen LogP contribution is -1.47. The Balaban J connectivity index is 0. The predicted octanol–water partition coefficient (Wildman–Crippen LogP) is 1.28. The predicted molar refractivity (Wildman–Crippen MR) is 29.0 cm³/mol. The molecule has 0 aliphatic heterocycles. The van der Waals surface area contributed by atoms with Crippen LogP contribution in [0.2, 0.25) is 0 Å². The van der Waals surface area contributed by atoms with Crippen LogP contribution in [0.25, 0.3) is 0 Å². The van der Waals surface area contributed by atoms with E-state index in [-0.39, 0.29) is 7.43 Å². The quantitative estimate of drug-likeness (QED) is 0.384. The Bertz CT molecular complexity index is 65.2. The van der Waals surface area contributed by atoms with E-state index in [0.29, 0.717) is 6.42 Å². The number of rotatable bonds is 0. The number of terminal acetylenes is 2. The number of hydrogen-bond acceptors (Lipinski definition) is 0. The molecule has 0 heterocycles. The van der Waals surface area contributed by atoms with Crippen molar-refractivity contribution in [3.63, 3.8) is 0 Å². The summed E-state index contributed by atoms with van der Waals surface area (Å²) in [6.07, 6.45) is 9.94. The van der Waals surface area contributed by atoms with Gasteiger partial charge in [-0.15, -0.1) is 12.8 Å². The Labute approximate surface area is 39.6 Å². The van der Waals surface area contributed by atoms with Crippen molar-refractivity contribution >= 4 is 0 Å². The van der Waals surface area contributed by atoms with Gasteiger partial charge in [-0.05, 0) is 0 Å². The lowest BCUT2D eigenvalue weighted by Gasteiger charge is -1.56. The summed E-state index contributed by atoms with van der Waals surface area (Å²) >= 11 is 0. The molecule has 0 radical (unpaired) electrons. The van der Waals surface area contributed by atoms with Gasteiger partial charge in [0.2, 0.25) is 0 Å².